The maximum Gasteiger partial charge on any atom is 0.243 e. The van der Waals surface area contributed by atoms with Crippen LogP contribution in [0, 0.1) is 0 Å². The van der Waals surface area contributed by atoms with Crippen molar-refractivity contribution in [1.29, 1.82) is 0 Å². The second-order valence-corrected chi connectivity index (χ2v) is 10.2. The second-order valence-electron chi connectivity index (χ2n) is 7.94. The van der Waals surface area contributed by atoms with Crippen molar-refractivity contribution in [3.63, 3.8) is 0 Å². The molecule has 2 amide bonds. The van der Waals surface area contributed by atoms with Crippen molar-refractivity contribution in [3.8, 4) is 0 Å². The van der Waals surface area contributed by atoms with E-state index in [0.717, 1.165) is 16.7 Å². The van der Waals surface area contributed by atoms with Gasteiger partial charge in [0.2, 0.25) is 11.8 Å². The number of hydrogen-bond donors (Lipinski definition) is 1. The third-order valence-corrected chi connectivity index (χ3v) is 7.28. The lowest BCUT2D eigenvalue weighted by molar-refractivity contribution is -0.139. The van der Waals surface area contributed by atoms with Crippen molar-refractivity contribution in [1.82, 2.24) is 10.2 Å². The summed E-state index contributed by atoms with van der Waals surface area (Å²) >= 11 is 20.2. The van der Waals surface area contributed by atoms with Crippen LogP contribution in [0.15, 0.2) is 72.8 Å². The van der Waals surface area contributed by atoms with E-state index in [9.17, 15) is 9.59 Å². The maximum atomic E-state index is 13.6. The largest absolute Gasteiger partial charge is 0.355 e. The monoisotopic (exact) mass is 548 g/mol. The van der Waals surface area contributed by atoms with Crippen LogP contribution in [0.5, 0.6) is 0 Å². The molecule has 35 heavy (non-hydrogen) atoms. The fourth-order valence-corrected chi connectivity index (χ4v) is 5.53. The van der Waals surface area contributed by atoms with Gasteiger partial charge in [-0.1, -0.05) is 83.3 Å². The number of hydrogen-bond acceptors (Lipinski definition) is 3. The summed E-state index contributed by atoms with van der Waals surface area (Å²) < 4.78 is 0. The third kappa shape index (κ3) is 8.18. The highest BCUT2D eigenvalue weighted by Gasteiger charge is 2.30. The lowest BCUT2D eigenvalue weighted by Gasteiger charge is -2.31. The molecular formula is C27H27Cl3N2O2S. The van der Waals surface area contributed by atoms with Gasteiger partial charge in [-0.15, -0.1) is 11.8 Å². The molecular weight excluding hydrogens is 523 g/mol. The molecule has 0 bridgehead atoms. The van der Waals surface area contributed by atoms with Gasteiger partial charge in [0.1, 0.15) is 6.04 Å². The van der Waals surface area contributed by atoms with Gasteiger partial charge in [0, 0.05) is 40.3 Å². The Balaban J connectivity index is 1.85. The summed E-state index contributed by atoms with van der Waals surface area (Å²) in [6.07, 6.45) is 0.403. The van der Waals surface area contributed by atoms with Crippen LogP contribution < -0.4 is 5.32 Å². The van der Waals surface area contributed by atoms with Gasteiger partial charge in [0.15, 0.2) is 0 Å². The molecule has 0 unspecified atom stereocenters. The molecule has 0 saturated heterocycles. The number of thioether (sulfide) groups is 1. The van der Waals surface area contributed by atoms with Gasteiger partial charge in [-0.3, -0.25) is 9.59 Å². The zero-order valence-corrected chi connectivity index (χ0v) is 22.4. The van der Waals surface area contributed by atoms with E-state index in [1.54, 1.807) is 29.2 Å². The molecule has 0 aliphatic heterocycles. The molecule has 1 N–H and O–H groups in total. The molecule has 0 radical (unpaired) electrons. The Kier molecular flexibility index (Phi) is 10.8. The molecule has 4 nitrogen and oxygen atoms in total. The molecule has 3 rings (SSSR count). The van der Waals surface area contributed by atoms with Crippen LogP contribution in [-0.4, -0.2) is 35.1 Å². The standard InChI is InChI=1S/C27H27Cl3N2O2S/c1-2-31-27(34)25(15-19-8-4-3-5-9-19)32(16-20-10-6-11-21(28)14-20)26(33)18-35-17-22-23(29)12-7-13-24(22)30/h3-14,25H,2,15-18H2,1H3,(H,31,34)/t25-/m0/s1. The van der Waals surface area contributed by atoms with Crippen molar-refractivity contribution in [2.45, 2.75) is 31.7 Å². The van der Waals surface area contributed by atoms with E-state index in [2.05, 4.69) is 5.32 Å². The van der Waals surface area contributed by atoms with Gasteiger partial charge in [0.05, 0.1) is 5.75 Å². The van der Waals surface area contributed by atoms with Crippen molar-refractivity contribution >= 4 is 58.4 Å². The maximum absolute atomic E-state index is 13.6. The van der Waals surface area contributed by atoms with Gasteiger partial charge in [-0.2, -0.15) is 0 Å². The zero-order valence-electron chi connectivity index (χ0n) is 19.3. The Morgan fingerprint density at radius 1 is 0.914 bits per heavy atom. The van der Waals surface area contributed by atoms with E-state index >= 15 is 0 Å². The number of halogens is 3. The summed E-state index contributed by atoms with van der Waals surface area (Å²) in [6, 6.07) is 21.7. The minimum Gasteiger partial charge on any atom is -0.355 e. The molecule has 0 aliphatic carbocycles. The van der Waals surface area contributed by atoms with E-state index in [-0.39, 0.29) is 24.1 Å². The Hall–Kier alpha value is -2.18. The Bertz CT molecular complexity index is 1120. The van der Waals surface area contributed by atoms with Crippen LogP contribution in [0.2, 0.25) is 15.1 Å². The van der Waals surface area contributed by atoms with Gasteiger partial charge in [-0.05, 0) is 47.9 Å². The summed E-state index contributed by atoms with van der Waals surface area (Å²) in [7, 11) is 0. The average molecular weight is 550 g/mol. The SMILES string of the molecule is CCNC(=O)[C@H](Cc1ccccc1)N(Cc1cccc(Cl)c1)C(=O)CSCc1c(Cl)cccc1Cl. The van der Waals surface area contributed by atoms with Gasteiger partial charge >= 0.3 is 0 Å². The fraction of sp³-hybridized carbons (Fsp3) is 0.259. The highest BCUT2D eigenvalue weighted by molar-refractivity contribution is 7.99. The smallest absolute Gasteiger partial charge is 0.243 e. The Morgan fingerprint density at radius 2 is 1.57 bits per heavy atom. The minimum atomic E-state index is -0.673. The van der Waals surface area contributed by atoms with Gasteiger partial charge in [0.25, 0.3) is 0 Å². The van der Waals surface area contributed by atoms with E-state index in [1.165, 1.54) is 11.8 Å². The first-order chi connectivity index (χ1) is 16.9. The molecule has 0 aliphatic rings. The number of amides is 2. The van der Waals surface area contributed by atoms with Crippen LogP contribution in [0.1, 0.15) is 23.6 Å². The molecule has 3 aromatic rings. The van der Waals surface area contributed by atoms with Crippen molar-refractivity contribution in [2.75, 3.05) is 12.3 Å². The van der Waals surface area contributed by atoms with E-state index in [4.69, 9.17) is 34.8 Å². The van der Waals surface area contributed by atoms with Crippen LogP contribution in [0.3, 0.4) is 0 Å². The first-order valence-corrected chi connectivity index (χ1v) is 13.5. The fourth-order valence-electron chi connectivity index (χ4n) is 3.67. The number of carbonyl (C=O) groups excluding carboxylic acids is 2. The van der Waals surface area contributed by atoms with E-state index < -0.39 is 6.04 Å². The van der Waals surface area contributed by atoms with Crippen molar-refractivity contribution in [3.05, 3.63) is 105 Å². The summed E-state index contributed by atoms with van der Waals surface area (Å²) in [5.41, 5.74) is 2.62. The minimum absolute atomic E-state index is 0.148. The second kappa shape index (κ2) is 13.8. The normalized spacial score (nSPS) is 11.7. The van der Waals surface area contributed by atoms with Crippen LogP contribution >= 0.6 is 46.6 Å². The number of rotatable bonds is 11. The molecule has 184 valence electrons. The van der Waals surface area contributed by atoms with E-state index in [0.29, 0.717) is 33.8 Å². The predicted molar refractivity (Wildman–Crippen MR) is 147 cm³/mol. The Morgan fingerprint density at radius 3 is 2.23 bits per heavy atom. The Labute approximate surface area is 225 Å². The summed E-state index contributed by atoms with van der Waals surface area (Å²) in [4.78, 5) is 28.4. The quantitative estimate of drug-likeness (QED) is 0.291. The van der Waals surface area contributed by atoms with Crippen molar-refractivity contribution < 1.29 is 9.59 Å². The van der Waals surface area contributed by atoms with Crippen LogP contribution in [0.4, 0.5) is 0 Å². The molecule has 0 fully saturated rings. The number of likely N-dealkylation sites (N-methyl/N-ethyl adjacent to an activating group) is 1. The first kappa shape index (κ1) is 27.4. The topological polar surface area (TPSA) is 49.4 Å². The highest BCUT2D eigenvalue weighted by atomic mass is 35.5. The third-order valence-electron chi connectivity index (χ3n) is 5.40. The summed E-state index contributed by atoms with van der Waals surface area (Å²) in [5.74, 6) is 0.322. The molecule has 0 aromatic heterocycles. The highest BCUT2D eigenvalue weighted by Crippen LogP contribution is 2.28. The molecule has 0 spiro atoms. The lowest BCUT2D eigenvalue weighted by Crippen LogP contribution is -2.51. The average Bonchev–Trinajstić information content (AvgIpc) is 2.84. The number of nitrogens with one attached hydrogen (secondary N) is 1. The summed E-state index contributed by atoms with van der Waals surface area (Å²) in [6.45, 7) is 2.61. The number of benzene rings is 3. The lowest BCUT2D eigenvalue weighted by atomic mass is 10.0. The first-order valence-electron chi connectivity index (χ1n) is 11.2. The number of nitrogens with zero attached hydrogens (tertiary/aromatic N) is 1. The molecule has 0 saturated carbocycles. The van der Waals surface area contributed by atoms with Crippen LogP contribution in [0.25, 0.3) is 0 Å². The van der Waals surface area contributed by atoms with Gasteiger partial charge < -0.3 is 10.2 Å². The molecule has 0 heterocycles. The van der Waals surface area contributed by atoms with Gasteiger partial charge in [-0.25, -0.2) is 0 Å². The summed E-state index contributed by atoms with van der Waals surface area (Å²) in [5, 5.41) is 4.61. The number of carbonyl (C=O) groups is 2. The zero-order chi connectivity index (χ0) is 25.2. The predicted octanol–water partition coefficient (Wildman–Crippen LogP) is 6.66. The van der Waals surface area contributed by atoms with E-state index in [1.807, 2.05) is 55.5 Å². The van der Waals surface area contributed by atoms with Crippen LogP contribution in [-0.2, 0) is 28.3 Å². The van der Waals surface area contributed by atoms with Crippen molar-refractivity contribution in [2.24, 2.45) is 0 Å². The molecule has 1 atom stereocenters. The molecule has 3 aromatic carbocycles. The molecule has 8 heteroatoms.